The lowest BCUT2D eigenvalue weighted by molar-refractivity contribution is -0.137. The minimum Gasteiger partial charge on any atom is -0.346 e. The third kappa shape index (κ3) is 4.78. The van der Waals surface area contributed by atoms with Crippen LogP contribution in [0.2, 0.25) is 0 Å². The summed E-state index contributed by atoms with van der Waals surface area (Å²) in [6.45, 7) is 5.40. The molecule has 146 valence electrons. The number of halogens is 3. The van der Waals surface area contributed by atoms with Crippen LogP contribution in [0.1, 0.15) is 16.8 Å². The van der Waals surface area contributed by atoms with Gasteiger partial charge < -0.3 is 10.2 Å². The van der Waals surface area contributed by atoms with Crippen molar-refractivity contribution in [1.82, 2.24) is 19.6 Å². The summed E-state index contributed by atoms with van der Waals surface area (Å²) in [5, 5.41) is 8.05. The van der Waals surface area contributed by atoms with E-state index in [-0.39, 0.29) is 0 Å². The number of alkyl halides is 3. The monoisotopic (exact) mass is 397 g/mol. The Bertz CT molecular complexity index is 810. The van der Waals surface area contributed by atoms with E-state index >= 15 is 0 Å². The van der Waals surface area contributed by atoms with Gasteiger partial charge in [0.2, 0.25) is 0 Å². The summed E-state index contributed by atoms with van der Waals surface area (Å²) in [6, 6.07) is 5.53. The molecule has 0 unspecified atom stereocenters. The quantitative estimate of drug-likeness (QED) is 0.805. The maximum absolute atomic E-state index is 12.8. The summed E-state index contributed by atoms with van der Waals surface area (Å²) in [5.74, 6) is 0. The van der Waals surface area contributed by atoms with Gasteiger partial charge in [-0.15, -0.1) is 0 Å². The number of rotatable bonds is 3. The number of hydrogen-bond donors (Lipinski definition) is 1. The molecule has 2 aromatic rings. The second-order valence-electron chi connectivity index (χ2n) is 6.66. The first-order valence-electron chi connectivity index (χ1n) is 8.67. The molecule has 1 N–H and O–H groups in total. The first kappa shape index (κ1) is 19.6. The average Bonchev–Trinajstić information content (AvgIpc) is 2.94. The Labute approximate surface area is 161 Å². The number of piperazine rings is 1. The fourth-order valence-corrected chi connectivity index (χ4v) is 3.32. The van der Waals surface area contributed by atoms with Gasteiger partial charge in [0.25, 0.3) is 0 Å². The second kappa shape index (κ2) is 7.85. The zero-order chi connectivity index (χ0) is 19.6. The van der Waals surface area contributed by atoms with Crippen LogP contribution in [0.5, 0.6) is 0 Å². The van der Waals surface area contributed by atoms with E-state index in [0.29, 0.717) is 17.2 Å². The summed E-state index contributed by atoms with van der Waals surface area (Å²) in [6.07, 6.45) is -2.57. The van der Waals surface area contributed by atoms with Crippen molar-refractivity contribution in [3.63, 3.8) is 0 Å². The van der Waals surface area contributed by atoms with Crippen LogP contribution in [0.15, 0.2) is 30.5 Å². The molecule has 0 spiro atoms. The Morgan fingerprint density at radius 3 is 2.52 bits per heavy atom. The summed E-state index contributed by atoms with van der Waals surface area (Å²) in [4.78, 5) is 4.22. The fraction of sp³-hybridized carbons (Fsp3) is 0.444. The van der Waals surface area contributed by atoms with E-state index < -0.39 is 11.7 Å². The molecule has 5 nitrogen and oxygen atoms in total. The summed E-state index contributed by atoms with van der Waals surface area (Å²) < 4.78 is 40.3. The molecule has 0 saturated carbocycles. The highest BCUT2D eigenvalue weighted by atomic mass is 32.1. The molecule has 1 aliphatic rings. The predicted molar refractivity (Wildman–Crippen MR) is 102 cm³/mol. The lowest BCUT2D eigenvalue weighted by atomic mass is 10.1. The first-order chi connectivity index (χ1) is 12.7. The highest BCUT2D eigenvalue weighted by Crippen LogP contribution is 2.29. The molecular weight excluding hydrogens is 375 g/mol. The lowest BCUT2D eigenvalue weighted by Crippen LogP contribution is -2.49. The van der Waals surface area contributed by atoms with E-state index in [1.165, 1.54) is 12.1 Å². The third-order valence-corrected chi connectivity index (χ3v) is 5.16. The normalized spacial score (nSPS) is 15.8. The molecule has 0 bridgehead atoms. The summed E-state index contributed by atoms with van der Waals surface area (Å²) in [5.41, 5.74) is 1.95. The highest BCUT2D eigenvalue weighted by Gasteiger charge is 2.30. The fourth-order valence-electron chi connectivity index (χ4n) is 3.03. The number of nitrogens with one attached hydrogen (secondary N) is 1. The van der Waals surface area contributed by atoms with Crippen LogP contribution in [0, 0.1) is 6.92 Å². The van der Waals surface area contributed by atoms with Gasteiger partial charge in [-0.3, -0.25) is 9.58 Å². The highest BCUT2D eigenvalue weighted by molar-refractivity contribution is 7.80. The SMILES string of the molecule is Cc1c(NC(=S)N2CCN(Cc3cccc(C(F)(F)F)c3)CC2)cnn1C. The van der Waals surface area contributed by atoms with Gasteiger partial charge in [-0.05, 0) is 30.8 Å². The van der Waals surface area contributed by atoms with E-state index in [0.717, 1.165) is 43.6 Å². The molecule has 0 amide bonds. The largest absolute Gasteiger partial charge is 0.416 e. The maximum atomic E-state index is 12.8. The Kier molecular flexibility index (Phi) is 5.71. The van der Waals surface area contributed by atoms with E-state index in [4.69, 9.17) is 12.2 Å². The number of anilines is 1. The van der Waals surface area contributed by atoms with Crippen molar-refractivity contribution in [2.45, 2.75) is 19.6 Å². The van der Waals surface area contributed by atoms with Gasteiger partial charge >= 0.3 is 6.18 Å². The molecule has 1 fully saturated rings. The van der Waals surface area contributed by atoms with Crippen molar-refractivity contribution < 1.29 is 13.2 Å². The van der Waals surface area contributed by atoms with Crippen molar-refractivity contribution in [3.05, 3.63) is 47.3 Å². The standard InChI is InChI=1S/C18H22F3N5S/c1-13-16(11-22-24(13)2)23-17(27)26-8-6-25(7-9-26)12-14-4-3-5-15(10-14)18(19,20)21/h3-5,10-11H,6-9,12H2,1-2H3,(H,23,27). The van der Waals surface area contributed by atoms with E-state index in [9.17, 15) is 13.2 Å². The Morgan fingerprint density at radius 1 is 1.22 bits per heavy atom. The second-order valence-corrected chi connectivity index (χ2v) is 7.05. The zero-order valence-corrected chi connectivity index (χ0v) is 16.1. The molecule has 0 radical (unpaired) electrons. The van der Waals surface area contributed by atoms with E-state index in [1.54, 1.807) is 16.9 Å². The molecule has 3 rings (SSSR count). The zero-order valence-electron chi connectivity index (χ0n) is 15.3. The van der Waals surface area contributed by atoms with Crippen LogP contribution in [0.4, 0.5) is 18.9 Å². The van der Waals surface area contributed by atoms with Crippen molar-refractivity contribution in [3.8, 4) is 0 Å². The average molecular weight is 397 g/mol. The molecule has 1 aliphatic heterocycles. The number of aryl methyl sites for hydroxylation is 1. The minimum absolute atomic E-state index is 0.500. The number of nitrogens with zero attached hydrogens (tertiary/aromatic N) is 4. The number of benzene rings is 1. The van der Waals surface area contributed by atoms with Crippen LogP contribution < -0.4 is 5.32 Å². The van der Waals surface area contributed by atoms with Crippen molar-refractivity contribution in [1.29, 1.82) is 0 Å². The molecule has 9 heteroatoms. The molecular formula is C18H22F3N5S. The molecule has 1 aromatic carbocycles. The van der Waals surface area contributed by atoms with Crippen LogP contribution >= 0.6 is 12.2 Å². The molecule has 2 heterocycles. The van der Waals surface area contributed by atoms with E-state index in [2.05, 4.69) is 20.2 Å². The van der Waals surface area contributed by atoms with Gasteiger partial charge in [0.1, 0.15) is 0 Å². The van der Waals surface area contributed by atoms with Gasteiger partial charge in [0, 0.05) is 39.8 Å². The first-order valence-corrected chi connectivity index (χ1v) is 9.08. The van der Waals surface area contributed by atoms with Gasteiger partial charge in [0.05, 0.1) is 23.1 Å². The topological polar surface area (TPSA) is 36.3 Å². The van der Waals surface area contributed by atoms with E-state index in [1.807, 2.05) is 14.0 Å². The van der Waals surface area contributed by atoms with Gasteiger partial charge in [0.15, 0.2) is 5.11 Å². The molecule has 1 saturated heterocycles. The van der Waals surface area contributed by atoms with Crippen molar-refractivity contribution in [2.24, 2.45) is 7.05 Å². The van der Waals surface area contributed by atoms with Gasteiger partial charge in [-0.1, -0.05) is 18.2 Å². The Morgan fingerprint density at radius 2 is 1.93 bits per heavy atom. The maximum Gasteiger partial charge on any atom is 0.416 e. The molecule has 0 aliphatic carbocycles. The van der Waals surface area contributed by atoms with Gasteiger partial charge in [-0.25, -0.2) is 0 Å². The van der Waals surface area contributed by atoms with Crippen LogP contribution in [-0.2, 0) is 19.8 Å². The molecule has 1 aromatic heterocycles. The van der Waals surface area contributed by atoms with Crippen molar-refractivity contribution >= 4 is 23.0 Å². The summed E-state index contributed by atoms with van der Waals surface area (Å²) in [7, 11) is 1.87. The predicted octanol–water partition coefficient (Wildman–Crippen LogP) is 3.26. The van der Waals surface area contributed by atoms with Gasteiger partial charge in [-0.2, -0.15) is 18.3 Å². The van der Waals surface area contributed by atoms with Crippen LogP contribution in [0.25, 0.3) is 0 Å². The van der Waals surface area contributed by atoms with Crippen LogP contribution in [0.3, 0.4) is 0 Å². The Balaban J connectivity index is 1.53. The molecule has 27 heavy (non-hydrogen) atoms. The number of hydrogen-bond acceptors (Lipinski definition) is 3. The number of aromatic nitrogens is 2. The summed E-state index contributed by atoms with van der Waals surface area (Å²) >= 11 is 5.49. The third-order valence-electron chi connectivity index (χ3n) is 4.80. The van der Waals surface area contributed by atoms with Crippen molar-refractivity contribution in [2.75, 3.05) is 31.5 Å². The smallest absolute Gasteiger partial charge is 0.346 e. The lowest BCUT2D eigenvalue weighted by Gasteiger charge is -2.36. The van der Waals surface area contributed by atoms with Crippen LogP contribution in [-0.4, -0.2) is 50.9 Å². The minimum atomic E-state index is -4.31. The Hall–Kier alpha value is -2.13. The number of thiocarbonyl (C=S) groups is 1. The molecule has 0 atom stereocenters.